The molecule has 1 spiro atoms. The SMILES string of the molecule is CCCCOC(=O)N1CCC2(CC1)CN(C(=O)c1csc(CC)n1)CCO2. The number of hydrogen-bond donors (Lipinski definition) is 0. The normalized spacial score (nSPS) is 19.3. The summed E-state index contributed by atoms with van der Waals surface area (Å²) in [4.78, 5) is 33.0. The number of piperidine rings is 1. The van der Waals surface area contributed by atoms with Gasteiger partial charge in [0.25, 0.3) is 5.91 Å². The van der Waals surface area contributed by atoms with Gasteiger partial charge in [0, 0.05) is 25.0 Å². The summed E-state index contributed by atoms with van der Waals surface area (Å²) in [5.74, 6) is -0.0185. The molecular weight excluding hydrogens is 366 g/mol. The molecule has 1 aromatic rings. The number of amides is 2. The smallest absolute Gasteiger partial charge is 0.409 e. The molecule has 7 nitrogen and oxygen atoms in total. The number of rotatable bonds is 5. The van der Waals surface area contributed by atoms with E-state index in [1.165, 1.54) is 11.3 Å². The van der Waals surface area contributed by atoms with Crippen LogP contribution in [0.5, 0.6) is 0 Å². The van der Waals surface area contributed by atoms with E-state index in [4.69, 9.17) is 9.47 Å². The molecule has 2 aliphatic rings. The zero-order valence-corrected chi connectivity index (χ0v) is 17.1. The van der Waals surface area contributed by atoms with Crippen LogP contribution in [0.2, 0.25) is 0 Å². The van der Waals surface area contributed by atoms with E-state index < -0.39 is 0 Å². The van der Waals surface area contributed by atoms with Crippen molar-refractivity contribution in [1.29, 1.82) is 0 Å². The number of morpholine rings is 1. The van der Waals surface area contributed by atoms with Crippen LogP contribution >= 0.6 is 11.3 Å². The summed E-state index contributed by atoms with van der Waals surface area (Å²) in [5, 5.41) is 2.83. The third kappa shape index (κ3) is 4.79. The maximum Gasteiger partial charge on any atom is 0.409 e. The third-order valence-corrected chi connectivity index (χ3v) is 6.26. The average Bonchev–Trinajstić information content (AvgIpc) is 3.17. The number of aromatic nitrogens is 1. The Morgan fingerprint density at radius 1 is 1.26 bits per heavy atom. The van der Waals surface area contributed by atoms with Crippen LogP contribution in [-0.2, 0) is 15.9 Å². The Kier molecular flexibility index (Phi) is 6.70. The summed E-state index contributed by atoms with van der Waals surface area (Å²) in [7, 11) is 0. The monoisotopic (exact) mass is 395 g/mol. The van der Waals surface area contributed by atoms with Gasteiger partial charge in [0.1, 0.15) is 5.69 Å². The molecule has 2 saturated heterocycles. The minimum atomic E-state index is -0.363. The summed E-state index contributed by atoms with van der Waals surface area (Å²) in [5.41, 5.74) is 0.170. The maximum atomic E-state index is 12.8. The first-order valence-corrected chi connectivity index (χ1v) is 10.7. The molecule has 0 saturated carbocycles. The maximum absolute atomic E-state index is 12.8. The molecule has 8 heteroatoms. The lowest BCUT2D eigenvalue weighted by Crippen LogP contribution is -2.58. The second-order valence-electron chi connectivity index (χ2n) is 7.19. The summed E-state index contributed by atoms with van der Waals surface area (Å²) < 4.78 is 11.4. The molecule has 0 bridgehead atoms. The highest BCUT2D eigenvalue weighted by Gasteiger charge is 2.42. The highest BCUT2D eigenvalue weighted by molar-refractivity contribution is 7.09. The minimum absolute atomic E-state index is 0.0185. The zero-order valence-electron chi connectivity index (χ0n) is 16.2. The largest absolute Gasteiger partial charge is 0.449 e. The van der Waals surface area contributed by atoms with E-state index in [0.717, 1.165) is 37.1 Å². The number of thiazole rings is 1. The predicted octanol–water partition coefficient (Wildman–Crippen LogP) is 2.95. The highest BCUT2D eigenvalue weighted by Crippen LogP contribution is 2.31. The van der Waals surface area contributed by atoms with Crippen molar-refractivity contribution in [3.63, 3.8) is 0 Å². The number of ether oxygens (including phenoxy) is 2. The van der Waals surface area contributed by atoms with E-state index >= 15 is 0 Å². The number of hydrogen-bond acceptors (Lipinski definition) is 6. The molecule has 2 aliphatic heterocycles. The van der Waals surface area contributed by atoms with Crippen molar-refractivity contribution in [1.82, 2.24) is 14.8 Å². The van der Waals surface area contributed by atoms with Crippen LogP contribution in [-0.4, -0.2) is 71.8 Å². The Morgan fingerprint density at radius 2 is 2.04 bits per heavy atom. The first-order chi connectivity index (χ1) is 13.1. The van der Waals surface area contributed by atoms with Gasteiger partial charge in [-0.05, 0) is 25.7 Å². The van der Waals surface area contributed by atoms with Gasteiger partial charge in [0.05, 0.1) is 30.4 Å². The van der Waals surface area contributed by atoms with Gasteiger partial charge in [-0.25, -0.2) is 9.78 Å². The average molecular weight is 396 g/mol. The molecular formula is C19H29N3O4S. The quantitative estimate of drug-likeness (QED) is 0.717. The van der Waals surface area contributed by atoms with Crippen LogP contribution in [0.15, 0.2) is 5.38 Å². The van der Waals surface area contributed by atoms with Crippen molar-refractivity contribution in [2.24, 2.45) is 0 Å². The molecule has 0 radical (unpaired) electrons. The fourth-order valence-electron chi connectivity index (χ4n) is 3.55. The van der Waals surface area contributed by atoms with Crippen LogP contribution in [0.3, 0.4) is 0 Å². The van der Waals surface area contributed by atoms with Gasteiger partial charge in [0.15, 0.2) is 0 Å². The Balaban J connectivity index is 1.55. The summed E-state index contributed by atoms with van der Waals surface area (Å²) in [6.45, 7) is 7.46. The fraction of sp³-hybridized carbons (Fsp3) is 0.737. The standard InChI is InChI=1S/C19H29N3O4S/c1-3-5-11-25-18(24)21-8-6-19(7-9-21)14-22(10-12-26-19)17(23)15-13-27-16(4-2)20-15/h13H,3-12,14H2,1-2H3. The van der Waals surface area contributed by atoms with Gasteiger partial charge in [-0.2, -0.15) is 0 Å². The molecule has 2 fully saturated rings. The van der Waals surface area contributed by atoms with E-state index in [2.05, 4.69) is 11.9 Å². The van der Waals surface area contributed by atoms with Crippen molar-refractivity contribution >= 4 is 23.3 Å². The third-order valence-electron chi connectivity index (χ3n) is 5.27. The van der Waals surface area contributed by atoms with Crippen LogP contribution in [0.4, 0.5) is 4.79 Å². The first kappa shape index (κ1) is 20.1. The zero-order chi connectivity index (χ0) is 19.3. The predicted molar refractivity (Wildman–Crippen MR) is 103 cm³/mol. The van der Waals surface area contributed by atoms with Crippen molar-refractivity contribution < 1.29 is 19.1 Å². The lowest BCUT2D eigenvalue weighted by atomic mass is 9.89. The van der Waals surface area contributed by atoms with Crippen molar-refractivity contribution in [2.45, 2.75) is 51.6 Å². The first-order valence-electron chi connectivity index (χ1n) is 9.86. The second kappa shape index (κ2) is 9.01. The van der Waals surface area contributed by atoms with Crippen molar-refractivity contribution in [3.8, 4) is 0 Å². The van der Waals surface area contributed by atoms with E-state index in [0.29, 0.717) is 45.1 Å². The lowest BCUT2D eigenvalue weighted by molar-refractivity contribution is -0.125. The van der Waals surface area contributed by atoms with Crippen molar-refractivity contribution in [2.75, 3.05) is 39.4 Å². The molecule has 0 unspecified atom stereocenters. The topological polar surface area (TPSA) is 72.0 Å². The number of aryl methyl sites for hydroxylation is 1. The molecule has 150 valence electrons. The van der Waals surface area contributed by atoms with Gasteiger partial charge in [-0.1, -0.05) is 20.3 Å². The summed E-state index contributed by atoms with van der Waals surface area (Å²) >= 11 is 1.53. The molecule has 0 aliphatic carbocycles. The molecule has 3 heterocycles. The van der Waals surface area contributed by atoms with E-state index in [1.54, 1.807) is 4.90 Å². The van der Waals surface area contributed by atoms with Crippen molar-refractivity contribution in [3.05, 3.63) is 16.1 Å². The molecule has 3 rings (SSSR count). The van der Waals surface area contributed by atoms with Crippen LogP contribution in [0.1, 0.15) is 55.0 Å². The number of carbonyl (C=O) groups is 2. The lowest BCUT2D eigenvalue weighted by Gasteiger charge is -2.46. The molecule has 0 aromatic carbocycles. The van der Waals surface area contributed by atoms with Crippen LogP contribution in [0.25, 0.3) is 0 Å². The number of likely N-dealkylation sites (tertiary alicyclic amines) is 1. The van der Waals surface area contributed by atoms with E-state index in [1.807, 2.05) is 17.2 Å². The number of carbonyl (C=O) groups excluding carboxylic acids is 2. The van der Waals surface area contributed by atoms with Gasteiger partial charge in [0.2, 0.25) is 0 Å². The minimum Gasteiger partial charge on any atom is -0.449 e. The summed E-state index contributed by atoms with van der Waals surface area (Å²) in [6.07, 6.45) is 3.94. The highest BCUT2D eigenvalue weighted by atomic mass is 32.1. The molecule has 2 amide bonds. The van der Waals surface area contributed by atoms with E-state index in [-0.39, 0.29) is 17.6 Å². The van der Waals surface area contributed by atoms with E-state index in [9.17, 15) is 9.59 Å². The number of nitrogens with zero attached hydrogens (tertiary/aromatic N) is 3. The summed E-state index contributed by atoms with van der Waals surface area (Å²) in [6, 6.07) is 0. The van der Waals surface area contributed by atoms with Gasteiger partial charge in [-0.3, -0.25) is 4.79 Å². The molecule has 27 heavy (non-hydrogen) atoms. The second-order valence-corrected chi connectivity index (χ2v) is 8.14. The Morgan fingerprint density at radius 3 is 2.70 bits per heavy atom. The Bertz CT molecular complexity index is 655. The molecule has 0 N–H and O–H groups in total. The van der Waals surface area contributed by atoms with Crippen LogP contribution in [0, 0.1) is 0 Å². The molecule has 0 atom stereocenters. The van der Waals surface area contributed by atoms with Gasteiger partial charge >= 0.3 is 6.09 Å². The number of unbranched alkanes of at least 4 members (excludes halogenated alkanes) is 1. The van der Waals surface area contributed by atoms with Crippen LogP contribution < -0.4 is 0 Å². The Hall–Kier alpha value is -1.67. The molecule has 1 aromatic heterocycles. The fourth-order valence-corrected chi connectivity index (χ4v) is 4.27. The van der Waals surface area contributed by atoms with Gasteiger partial charge in [-0.15, -0.1) is 11.3 Å². The van der Waals surface area contributed by atoms with Gasteiger partial charge < -0.3 is 19.3 Å². The Labute approximate surface area is 164 Å².